The number of carbonyl (C=O) groups is 1. The number of carbonyl (C=O) groups excluding carboxylic acids is 1. The molecular weight excluding hydrogens is 539 g/mol. The molecule has 0 bridgehead atoms. The molecule has 0 radical (unpaired) electrons. The van der Waals surface area contributed by atoms with Crippen molar-refractivity contribution >= 4 is 57.7 Å². The highest BCUT2D eigenvalue weighted by atomic mass is 127. The van der Waals surface area contributed by atoms with E-state index in [4.69, 9.17) is 0 Å². The van der Waals surface area contributed by atoms with Gasteiger partial charge in [0.05, 0.1) is 4.90 Å². The summed E-state index contributed by atoms with van der Waals surface area (Å²) in [5, 5.41) is 0. The smallest absolute Gasteiger partial charge is 0.211 e. The van der Waals surface area contributed by atoms with Crippen molar-refractivity contribution in [3.8, 4) is 0 Å². The van der Waals surface area contributed by atoms with E-state index in [0.29, 0.717) is 14.7 Å². The summed E-state index contributed by atoms with van der Waals surface area (Å²) in [4.78, 5) is 13.1. The van der Waals surface area contributed by atoms with Gasteiger partial charge in [0.25, 0.3) is 0 Å². The van der Waals surface area contributed by atoms with Crippen molar-refractivity contribution in [3.05, 3.63) is 105 Å². The molecule has 0 heterocycles. The molecule has 0 atom stereocenters. The Bertz CT molecular complexity index is 1090. The molecule has 0 aliphatic heterocycles. The first-order valence-corrected chi connectivity index (χ1v) is 11.3. The van der Waals surface area contributed by atoms with Crippen LogP contribution in [0.15, 0.2) is 99.2 Å². The van der Waals surface area contributed by atoms with Gasteiger partial charge in [0.1, 0.15) is 4.91 Å². The molecule has 3 nitrogen and oxygen atoms in total. The molecule has 0 aliphatic rings. The molecule has 0 spiro atoms. The highest BCUT2D eigenvalue weighted by Gasteiger charge is 2.31. The maximum atomic E-state index is 13.3. The summed E-state index contributed by atoms with van der Waals surface area (Å²) < 4.78 is 27.9. The zero-order chi connectivity index (χ0) is 19.4. The third-order valence-electron chi connectivity index (χ3n) is 3.86. The molecule has 0 saturated heterocycles. The molecule has 3 aromatic rings. The lowest BCUT2D eigenvalue weighted by Gasteiger charge is -2.12. The first-order valence-electron chi connectivity index (χ1n) is 7.97. The summed E-state index contributed by atoms with van der Waals surface area (Å²) >= 11 is 5.27. The number of halogens is 2. The van der Waals surface area contributed by atoms with Gasteiger partial charge in [0, 0.05) is 13.6 Å². The second kappa shape index (κ2) is 8.50. The van der Waals surface area contributed by atoms with Gasteiger partial charge in [-0.1, -0.05) is 64.5 Å². The summed E-state index contributed by atoms with van der Waals surface area (Å²) in [5.41, 5.74) is 0.996. The van der Waals surface area contributed by atoms with Crippen LogP contribution in [0.5, 0.6) is 0 Å². The van der Waals surface area contributed by atoms with Gasteiger partial charge in [-0.3, -0.25) is 4.79 Å². The van der Waals surface area contributed by atoms with E-state index < -0.39 is 15.6 Å². The predicted octanol–water partition coefficient (Wildman–Crippen LogP) is 5.91. The topological polar surface area (TPSA) is 51.2 Å². The second-order valence-corrected chi connectivity index (χ2v) is 9.54. The van der Waals surface area contributed by atoms with Gasteiger partial charge in [-0.05, 0) is 64.6 Å². The van der Waals surface area contributed by atoms with Crippen LogP contribution in [-0.2, 0) is 9.84 Å². The standard InChI is InChI=1S/C21H14BrIO3S/c22-17-13-11-16(12-14-17)20(24)21(19(23)15-7-3-1-4-8-15)27(25,26)18-9-5-2-6-10-18/h1-14H/b21-19+. The van der Waals surface area contributed by atoms with Crippen LogP contribution in [0, 0.1) is 0 Å². The quantitative estimate of drug-likeness (QED) is 0.225. The number of rotatable bonds is 5. The lowest BCUT2D eigenvalue weighted by atomic mass is 10.1. The average molecular weight is 553 g/mol. The maximum absolute atomic E-state index is 13.3. The van der Waals surface area contributed by atoms with Crippen molar-refractivity contribution in [2.75, 3.05) is 0 Å². The maximum Gasteiger partial charge on any atom is 0.211 e. The van der Waals surface area contributed by atoms with Crippen LogP contribution in [0.3, 0.4) is 0 Å². The molecule has 0 unspecified atom stereocenters. The number of Topliss-reactive ketones (excluding diaryl/α,β-unsaturated/α-hetero) is 1. The highest BCUT2D eigenvalue weighted by molar-refractivity contribution is 14.1. The summed E-state index contributed by atoms with van der Waals surface area (Å²) in [6.45, 7) is 0. The number of hydrogen-bond acceptors (Lipinski definition) is 3. The number of hydrogen-bond donors (Lipinski definition) is 0. The minimum Gasteiger partial charge on any atom is -0.288 e. The lowest BCUT2D eigenvalue weighted by molar-refractivity contribution is 0.104. The molecule has 136 valence electrons. The molecule has 0 aliphatic carbocycles. The molecule has 0 fully saturated rings. The van der Waals surface area contributed by atoms with E-state index in [1.165, 1.54) is 12.1 Å². The number of benzene rings is 3. The van der Waals surface area contributed by atoms with Crippen LogP contribution in [0.4, 0.5) is 0 Å². The van der Waals surface area contributed by atoms with E-state index in [1.54, 1.807) is 54.6 Å². The van der Waals surface area contributed by atoms with Gasteiger partial charge in [-0.2, -0.15) is 0 Å². The fraction of sp³-hybridized carbons (Fsp3) is 0. The van der Waals surface area contributed by atoms with Crippen molar-refractivity contribution in [2.45, 2.75) is 4.90 Å². The van der Waals surface area contributed by atoms with E-state index in [2.05, 4.69) is 15.9 Å². The molecule has 0 aromatic heterocycles. The highest BCUT2D eigenvalue weighted by Crippen LogP contribution is 2.34. The van der Waals surface area contributed by atoms with Crippen molar-refractivity contribution in [1.29, 1.82) is 0 Å². The summed E-state index contributed by atoms with van der Waals surface area (Å²) in [5.74, 6) is -0.528. The Morgan fingerprint density at radius 1 is 0.741 bits per heavy atom. The van der Waals surface area contributed by atoms with E-state index in [1.807, 2.05) is 40.8 Å². The predicted molar refractivity (Wildman–Crippen MR) is 119 cm³/mol. The van der Waals surface area contributed by atoms with Gasteiger partial charge in [0.15, 0.2) is 0 Å². The molecule has 3 rings (SSSR count). The fourth-order valence-electron chi connectivity index (χ4n) is 2.51. The fourth-order valence-corrected chi connectivity index (χ4v) is 5.71. The van der Waals surface area contributed by atoms with Crippen molar-refractivity contribution in [2.24, 2.45) is 0 Å². The summed E-state index contributed by atoms with van der Waals surface area (Å²) in [7, 11) is -4.00. The number of sulfone groups is 1. The Labute approximate surface area is 180 Å². The van der Waals surface area contributed by atoms with Gasteiger partial charge < -0.3 is 0 Å². The zero-order valence-electron chi connectivity index (χ0n) is 14.0. The molecule has 0 saturated carbocycles. The monoisotopic (exact) mass is 552 g/mol. The van der Waals surface area contributed by atoms with Crippen LogP contribution in [0.25, 0.3) is 3.58 Å². The van der Waals surface area contributed by atoms with Crippen molar-refractivity contribution in [1.82, 2.24) is 0 Å². The Kier molecular flexibility index (Phi) is 6.29. The SMILES string of the molecule is O=C(/C(=C(\I)c1ccccc1)S(=O)(=O)c1ccccc1)c1ccc(Br)cc1. The van der Waals surface area contributed by atoms with Gasteiger partial charge in [-0.25, -0.2) is 8.42 Å². The van der Waals surface area contributed by atoms with E-state index in [-0.39, 0.29) is 9.80 Å². The Balaban J connectivity index is 2.24. The van der Waals surface area contributed by atoms with Crippen LogP contribution in [-0.4, -0.2) is 14.2 Å². The summed E-state index contributed by atoms with van der Waals surface area (Å²) in [6.07, 6.45) is 0. The van der Waals surface area contributed by atoms with Crippen LogP contribution in [0.1, 0.15) is 15.9 Å². The molecule has 0 N–H and O–H groups in total. The van der Waals surface area contributed by atoms with Crippen molar-refractivity contribution < 1.29 is 13.2 Å². The Morgan fingerprint density at radius 3 is 1.81 bits per heavy atom. The normalized spacial score (nSPS) is 12.4. The number of allylic oxidation sites excluding steroid dienone is 1. The van der Waals surface area contributed by atoms with Gasteiger partial charge in [0.2, 0.25) is 15.6 Å². The molecular formula is C21H14BrIO3S. The Hall–Kier alpha value is -1.77. The second-order valence-electron chi connectivity index (χ2n) is 5.66. The van der Waals surface area contributed by atoms with Crippen LogP contribution >= 0.6 is 38.5 Å². The minimum atomic E-state index is -4.00. The first-order chi connectivity index (χ1) is 12.9. The van der Waals surface area contributed by atoms with Crippen LogP contribution in [0.2, 0.25) is 0 Å². The van der Waals surface area contributed by atoms with E-state index in [9.17, 15) is 13.2 Å². The van der Waals surface area contributed by atoms with E-state index in [0.717, 1.165) is 4.47 Å². The number of ketones is 1. The zero-order valence-corrected chi connectivity index (χ0v) is 18.5. The van der Waals surface area contributed by atoms with Crippen LogP contribution < -0.4 is 0 Å². The third-order valence-corrected chi connectivity index (χ3v) is 7.74. The molecule has 0 amide bonds. The largest absolute Gasteiger partial charge is 0.288 e. The summed E-state index contributed by atoms with van der Waals surface area (Å²) in [6, 6.07) is 23.7. The van der Waals surface area contributed by atoms with E-state index >= 15 is 0 Å². The Morgan fingerprint density at radius 2 is 1.26 bits per heavy atom. The lowest BCUT2D eigenvalue weighted by Crippen LogP contribution is -2.15. The van der Waals surface area contributed by atoms with Gasteiger partial charge in [-0.15, -0.1) is 0 Å². The molecule has 6 heteroatoms. The molecule has 3 aromatic carbocycles. The molecule has 27 heavy (non-hydrogen) atoms. The van der Waals surface area contributed by atoms with Crippen molar-refractivity contribution in [3.63, 3.8) is 0 Å². The minimum absolute atomic E-state index is 0.0931. The first kappa shape index (κ1) is 20.0. The average Bonchev–Trinajstić information content (AvgIpc) is 2.69. The van der Waals surface area contributed by atoms with Gasteiger partial charge >= 0.3 is 0 Å². The third kappa shape index (κ3) is 4.39.